The van der Waals surface area contributed by atoms with Crippen LogP contribution in [-0.4, -0.2) is 15.0 Å². The Hall–Kier alpha value is -7.43. The van der Waals surface area contributed by atoms with Gasteiger partial charge in [-0.05, 0) is 50.6 Å². The standard InChI is InChI=1S/C52H33N3O/c1-3-14-37(15-4-1)49-53-50(55-51(54-49)52(39-16-5-2-6-17-39)45-23-10-7-18-41(45)42-19-8-11-24-46(42)52)38-32-28-35(29-33-38)34-26-30-36(31-27-34)40-21-13-22-44-43-20-9-12-25-47(43)56-48(40)44/h1-33H. The number of aromatic nitrogens is 3. The highest BCUT2D eigenvalue weighted by Gasteiger charge is 2.48. The van der Waals surface area contributed by atoms with Gasteiger partial charge in [-0.25, -0.2) is 15.0 Å². The summed E-state index contributed by atoms with van der Waals surface area (Å²) in [4.78, 5) is 15.9. The Morgan fingerprint density at radius 2 is 0.821 bits per heavy atom. The largest absolute Gasteiger partial charge is 0.455 e. The molecule has 0 amide bonds. The van der Waals surface area contributed by atoms with Crippen molar-refractivity contribution < 1.29 is 4.42 Å². The minimum atomic E-state index is -0.746. The molecule has 0 unspecified atom stereocenters. The van der Waals surface area contributed by atoms with Crippen LogP contribution in [0, 0.1) is 0 Å². The van der Waals surface area contributed by atoms with Crippen molar-refractivity contribution in [1.82, 2.24) is 15.0 Å². The van der Waals surface area contributed by atoms with E-state index in [1.165, 1.54) is 22.3 Å². The van der Waals surface area contributed by atoms with Crippen LogP contribution < -0.4 is 0 Å². The molecule has 4 nitrogen and oxygen atoms in total. The van der Waals surface area contributed by atoms with Crippen LogP contribution in [0.15, 0.2) is 205 Å². The lowest BCUT2D eigenvalue weighted by Gasteiger charge is -2.31. The van der Waals surface area contributed by atoms with Crippen LogP contribution in [0.3, 0.4) is 0 Å². The highest BCUT2D eigenvalue weighted by molar-refractivity contribution is 6.09. The molecule has 4 heteroatoms. The number of para-hydroxylation sites is 2. The Balaban J connectivity index is 1.02. The summed E-state index contributed by atoms with van der Waals surface area (Å²) in [7, 11) is 0. The highest BCUT2D eigenvalue weighted by atomic mass is 16.3. The minimum absolute atomic E-state index is 0.631. The maximum atomic E-state index is 6.34. The van der Waals surface area contributed by atoms with Crippen molar-refractivity contribution in [3.05, 3.63) is 223 Å². The summed E-state index contributed by atoms with van der Waals surface area (Å²) in [6.45, 7) is 0. The molecule has 262 valence electrons. The van der Waals surface area contributed by atoms with Crippen LogP contribution in [0.1, 0.15) is 22.5 Å². The van der Waals surface area contributed by atoms with E-state index in [-0.39, 0.29) is 0 Å². The molecular weight excluding hydrogens is 683 g/mol. The SMILES string of the molecule is c1ccc(-c2nc(-c3ccc(-c4ccc(-c5cccc6c5oc5ccccc56)cc4)cc3)nc(C3(c4ccccc4)c4ccccc4-c4ccccc43)n2)cc1. The summed E-state index contributed by atoms with van der Waals surface area (Å²) in [5.41, 5.74) is 13.2. The average molecular weight is 716 g/mol. The maximum Gasteiger partial charge on any atom is 0.163 e. The fourth-order valence-corrected chi connectivity index (χ4v) is 8.62. The Labute approximate surface area is 324 Å². The van der Waals surface area contributed by atoms with Crippen molar-refractivity contribution in [3.8, 4) is 56.2 Å². The number of hydrogen-bond acceptors (Lipinski definition) is 4. The molecule has 1 aliphatic rings. The zero-order chi connectivity index (χ0) is 37.1. The van der Waals surface area contributed by atoms with Crippen molar-refractivity contribution in [2.75, 3.05) is 0 Å². The van der Waals surface area contributed by atoms with E-state index >= 15 is 0 Å². The smallest absolute Gasteiger partial charge is 0.163 e. The second kappa shape index (κ2) is 12.9. The van der Waals surface area contributed by atoms with Gasteiger partial charge in [0, 0.05) is 27.5 Å². The van der Waals surface area contributed by atoms with Gasteiger partial charge in [0.2, 0.25) is 0 Å². The van der Waals surface area contributed by atoms with Gasteiger partial charge in [-0.1, -0.05) is 194 Å². The minimum Gasteiger partial charge on any atom is -0.455 e. The van der Waals surface area contributed by atoms with Crippen LogP contribution in [0.4, 0.5) is 0 Å². The number of benzene rings is 8. The summed E-state index contributed by atoms with van der Waals surface area (Å²) in [5, 5.41) is 2.26. The Bertz CT molecular complexity index is 3010. The van der Waals surface area contributed by atoms with Gasteiger partial charge in [0.05, 0.1) is 0 Å². The summed E-state index contributed by atoms with van der Waals surface area (Å²) in [6.07, 6.45) is 0. The third kappa shape index (κ3) is 4.96. The molecule has 0 fully saturated rings. The van der Waals surface area contributed by atoms with E-state index < -0.39 is 5.41 Å². The molecule has 2 heterocycles. The molecule has 10 aromatic rings. The van der Waals surface area contributed by atoms with Crippen molar-refractivity contribution in [1.29, 1.82) is 0 Å². The van der Waals surface area contributed by atoms with Gasteiger partial charge in [0.1, 0.15) is 16.6 Å². The van der Waals surface area contributed by atoms with Gasteiger partial charge >= 0.3 is 0 Å². The number of nitrogens with zero attached hydrogens (tertiary/aromatic N) is 3. The average Bonchev–Trinajstić information content (AvgIpc) is 3.81. The molecule has 0 saturated carbocycles. The molecule has 0 saturated heterocycles. The first-order chi connectivity index (χ1) is 27.8. The van der Waals surface area contributed by atoms with Crippen LogP contribution >= 0.6 is 0 Å². The first-order valence-corrected chi connectivity index (χ1v) is 18.9. The van der Waals surface area contributed by atoms with Crippen molar-refractivity contribution >= 4 is 21.9 Å². The quantitative estimate of drug-likeness (QED) is 0.172. The van der Waals surface area contributed by atoms with Crippen LogP contribution in [0.25, 0.3) is 78.1 Å². The molecule has 0 radical (unpaired) electrons. The molecule has 0 spiro atoms. The van der Waals surface area contributed by atoms with Crippen LogP contribution in [0.2, 0.25) is 0 Å². The molecule has 0 bridgehead atoms. The second-order valence-corrected chi connectivity index (χ2v) is 14.3. The molecular formula is C52H33N3O. The normalized spacial score (nSPS) is 12.8. The van der Waals surface area contributed by atoms with Crippen LogP contribution in [0.5, 0.6) is 0 Å². The van der Waals surface area contributed by atoms with Gasteiger partial charge in [0.25, 0.3) is 0 Å². The summed E-state index contributed by atoms with van der Waals surface area (Å²) < 4.78 is 6.34. The van der Waals surface area contributed by atoms with E-state index in [0.29, 0.717) is 17.5 Å². The molecule has 56 heavy (non-hydrogen) atoms. The Morgan fingerprint density at radius 1 is 0.339 bits per heavy atom. The van der Waals surface area contributed by atoms with Gasteiger partial charge < -0.3 is 4.42 Å². The number of fused-ring (bicyclic) bond motifs is 6. The highest BCUT2D eigenvalue weighted by Crippen LogP contribution is 2.55. The first-order valence-electron chi connectivity index (χ1n) is 18.9. The number of rotatable bonds is 6. The molecule has 11 rings (SSSR count). The third-order valence-electron chi connectivity index (χ3n) is 11.2. The third-order valence-corrected chi connectivity index (χ3v) is 11.2. The second-order valence-electron chi connectivity index (χ2n) is 14.3. The zero-order valence-corrected chi connectivity index (χ0v) is 30.3. The van der Waals surface area contributed by atoms with E-state index in [1.54, 1.807) is 0 Å². The first kappa shape index (κ1) is 32.0. The number of furan rings is 1. The van der Waals surface area contributed by atoms with Crippen molar-refractivity contribution in [2.45, 2.75) is 5.41 Å². The maximum absolute atomic E-state index is 6.34. The predicted octanol–water partition coefficient (Wildman–Crippen LogP) is 12.8. The van der Waals surface area contributed by atoms with Gasteiger partial charge in [-0.2, -0.15) is 0 Å². The molecule has 0 aliphatic heterocycles. The summed E-state index contributed by atoms with van der Waals surface area (Å²) >= 11 is 0. The van der Waals surface area contributed by atoms with Crippen molar-refractivity contribution in [2.24, 2.45) is 0 Å². The van der Waals surface area contributed by atoms with E-state index in [4.69, 9.17) is 19.4 Å². The summed E-state index contributed by atoms with van der Waals surface area (Å²) in [5.74, 6) is 1.97. The Kier molecular flexibility index (Phi) is 7.36. The van der Waals surface area contributed by atoms with E-state index in [1.807, 2.05) is 30.3 Å². The monoisotopic (exact) mass is 715 g/mol. The van der Waals surface area contributed by atoms with Crippen molar-refractivity contribution in [3.63, 3.8) is 0 Å². The lowest BCUT2D eigenvalue weighted by Crippen LogP contribution is -2.31. The number of hydrogen-bond donors (Lipinski definition) is 0. The Morgan fingerprint density at radius 3 is 1.48 bits per heavy atom. The van der Waals surface area contributed by atoms with E-state index in [2.05, 4.69) is 170 Å². The molecule has 0 N–H and O–H groups in total. The fraction of sp³-hybridized carbons (Fsp3) is 0.0192. The topological polar surface area (TPSA) is 51.8 Å². The summed E-state index contributed by atoms with van der Waals surface area (Å²) in [6, 6.07) is 70.1. The predicted molar refractivity (Wildman–Crippen MR) is 226 cm³/mol. The lowest BCUT2D eigenvalue weighted by atomic mass is 9.71. The van der Waals surface area contributed by atoms with Crippen LogP contribution in [-0.2, 0) is 5.41 Å². The van der Waals surface area contributed by atoms with Gasteiger partial charge in [-0.3, -0.25) is 0 Å². The van der Waals surface area contributed by atoms with Gasteiger partial charge in [-0.15, -0.1) is 0 Å². The fourth-order valence-electron chi connectivity index (χ4n) is 8.62. The molecule has 8 aromatic carbocycles. The van der Waals surface area contributed by atoms with E-state index in [0.717, 1.165) is 60.9 Å². The molecule has 0 atom stereocenters. The zero-order valence-electron chi connectivity index (χ0n) is 30.3. The lowest BCUT2D eigenvalue weighted by molar-refractivity contribution is 0.670. The molecule has 1 aliphatic carbocycles. The van der Waals surface area contributed by atoms with E-state index in [9.17, 15) is 0 Å². The molecule has 2 aromatic heterocycles. The van der Waals surface area contributed by atoms with Gasteiger partial charge in [0.15, 0.2) is 17.5 Å².